The highest BCUT2D eigenvalue weighted by atomic mass is 35.5. The predicted molar refractivity (Wildman–Crippen MR) is 54.3 cm³/mol. The summed E-state index contributed by atoms with van der Waals surface area (Å²) in [5, 5.41) is 0.703. The third-order valence-corrected chi connectivity index (χ3v) is 3.06. The molecule has 2 rings (SSSR count). The maximum Gasteiger partial charge on any atom is 0.0864 e. The number of nitrogens with zero attached hydrogens (tertiary/aromatic N) is 2. The summed E-state index contributed by atoms with van der Waals surface area (Å²) in [6, 6.07) is 1.94. The molecule has 68 valence electrons. The molecule has 1 aliphatic carbocycles. The summed E-state index contributed by atoms with van der Waals surface area (Å²) in [5.74, 6) is 0. The second-order valence-corrected chi connectivity index (χ2v) is 3.81. The molecule has 1 saturated carbocycles. The van der Waals surface area contributed by atoms with Crippen LogP contribution in [0.2, 0.25) is 5.02 Å². The van der Waals surface area contributed by atoms with Crippen LogP contribution in [-0.2, 0) is 5.54 Å². The van der Waals surface area contributed by atoms with E-state index in [2.05, 4.69) is 16.7 Å². The summed E-state index contributed by atoms with van der Waals surface area (Å²) in [6.45, 7) is 3.64. The van der Waals surface area contributed by atoms with Gasteiger partial charge in [0, 0.05) is 18.0 Å². The fourth-order valence-electron chi connectivity index (χ4n) is 1.78. The molecule has 13 heavy (non-hydrogen) atoms. The van der Waals surface area contributed by atoms with Gasteiger partial charge in [0.1, 0.15) is 0 Å². The minimum absolute atomic E-state index is 0.111. The highest BCUT2D eigenvalue weighted by Crippen LogP contribution is 2.46. The lowest BCUT2D eigenvalue weighted by atomic mass is 9.72. The van der Waals surface area contributed by atoms with E-state index in [0.717, 1.165) is 18.4 Å². The van der Waals surface area contributed by atoms with Gasteiger partial charge in [-0.25, -0.2) is 0 Å². The molecule has 0 radical (unpaired) electrons. The van der Waals surface area contributed by atoms with Crippen molar-refractivity contribution in [3.05, 3.63) is 29.0 Å². The number of aliphatic imine (C=N–C) groups is 1. The Labute approximate surface area is 82.7 Å². The molecular formula is C10H11ClN2. The average Bonchev–Trinajstić information content (AvgIpc) is 2.07. The highest BCUT2D eigenvalue weighted by Gasteiger charge is 2.38. The zero-order chi connectivity index (χ0) is 9.31. The van der Waals surface area contributed by atoms with Crippen LogP contribution in [0.4, 0.5) is 0 Å². The lowest BCUT2D eigenvalue weighted by Gasteiger charge is -2.38. The largest absolute Gasteiger partial charge is 0.289 e. The summed E-state index contributed by atoms with van der Waals surface area (Å²) < 4.78 is 0. The second-order valence-electron chi connectivity index (χ2n) is 3.40. The first-order valence-electron chi connectivity index (χ1n) is 4.36. The number of rotatable bonds is 2. The maximum absolute atomic E-state index is 6.05. The Kier molecular flexibility index (Phi) is 2.08. The van der Waals surface area contributed by atoms with E-state index in [9.17, 15) is 0 Å². The summed E-state index contributed by atoms with van der Waals surface area (Å²) in [6.07, 6.45) is 6.74. The van der Waals surface area contributed by atoms with Crippen molar-refractivity contribution in [1.82, 2.24) is 4.98 Å². The van der Waals surface area contributed by atoms with Crippen molar-refractivity contribution in [2.24, 2.45) is 4.99 Å². The molecule has 0 aromatic carbocycles. The van der Waals surface area contributed by atoms with Gasteiger partial charge in [-0.05, 0) is 32.0 Å². The lowest BCUT2D eigenvalue weighted by Crippen LogP contribution is -2.32. The molecule has 1 aromatic rings. The van der Waals surface area contributed by atoms with Crippen molar-refractivity contribution in [2.45, 2.75) is 24.8 Å². The van der Waals surface area contributed by atoms with Crippen LogP contribution in [0.25, 0.3) is 0 Å². The molecule has 1 fully saturated rings. The van der Waals surface area contributed by atoms with Gasteiger partial charge in [-0.2, -0.15) is 0 Å². The normalized spacial score (nSPS) is 19.2. The van der Waals surface area contributed by atoms with Gasteiger partial charge in [0.2, 0.25) is 0 Å². The van der Waals surface area contributed by atoms with Crippen molar-refractivity contribution < 1.29 is 0 Å². The molecule has 3 heteroatoms. The fraction of sp³-hybridized carbons (Fsp3) is 0.400. The predicted octanol–water partition coefficient (Wildman–Crippen LogP) is 2.81. The first-order valence-corrected chi connectivity index (χ1v) is 4.74. The van der Waals surface area contributed by atoms with Crippen molar-refractivity contribution >= 4 is 18.3 Å². The van der Waals surface area contributed by atoms with Crippen LogP contribution >= 0.6 is 11.6 Å². The van der Waals surface area contributed by atoms with Gasteiger partial charge < -0.3 is 0 Å². The van der Waals surface area contributed by atoms with E-state index in [-0.39, 0.29) is 5.54 Å². The van der Waals surface area contributed by atoms with Crippen molar-refractivity contribution in [3.8, 4) is 0 Å². The van der Waals surface area contributed by atoms with Gasteiger partial charge in [0.05, 0.1) is 10.6 Å². The molecule has 0 atom stereocenters. The number of hydrogen-bond acceptors (Lipinski definition) is 2. The zero-order valence-corrected chi connectivity index (χ0v) is 8.09. The number of pyridine rings is 1. The van der Waals surface area contributed by atoms with Crippen LogP contribution in [0, 0.1) is 0 Å². The molecule has 1 aliphatic rings. The Balaban J connectivity index is 2.44. The van der Waals surface area contributed by atoms with E-state index in [0.29, 0.717) is 5.02 Å². The summed E-state index contributed by atoms with van der Waals surface area (Å²) in [7, 11) is 0. The van der Waals surface area contributed by atoms with Crippen LogP contribution in [-0.4, -0.2) is 11.7 Å². The minimum Gasteiger partial charge on any atom is -0.289 e. The standard InChI is InChI=1S/C10H11ClN2/c1-12-10(4-2-5-10)8-3-6-13-7-9(8)11/h3,6-7H,1-2,4-5H2. The molecule has 0 unspecified atom stereocenters. The van der Waals surface area contributed by atoms with E-state index in [1.54, 1.807) is 12.4 Å². The third kappa shape index (κ3) is 1.25. The Hall–Kier alpha value is -0.890. The Morgan fingerprint density at radius 3 is 2.77 bits per heavy atom. The van der Waals surface area contributed by atoms with Gasteiger partial charge in [0.25, 0.3) is 0 Å². The van der Waals surface area contributed by atoms with Crippen LogP contribution in [0.15, 0.2) is 23.5 Å². The molecule has 0 spiro atoms. The van der Waals surface area contributed by atoms with Crippen LogP contribution in [0.1, 0.15) is 24.8 Å². The molecule has 0 N–H and O–H groups in total. The van der Waals surface area contributed by atoms with Gasteiger partial charge in [0.15, 0.2) is 0 Å². The van der Waals surface area contributed by atoms with Crippen molar-refractivity contribution in [1.29, 1.82) is 0 Å². The number of halogens is 1. The first-order chi connectivity index (χ1) is 6.28. The highest BCUT2D eigenvalue weighted by molar-refractivity contribution is 6.31. The van der Waals surface area contributed by atoms with Crippen LogP contribution in [0.3, 0.4) is 0 Å². The molecule has 0 amide bonds. The summed E-state index contributed by atoms with van der Waals surface area (Å²) in [5.41, 5.74) is 0.963. The Bertz CT molecular complexity index is 331. The quantitative estimate of drug-likeness (QED) is 0.665. The van der Waals surface area contributed by atoms with Crippen molar-refractivity contribution in [3.63, 3.8) is 0 Å². The third-order valence-electron chi connectivity index (χ3n) is 2.76. The molecule has 1 heterocycles. The monoisotopic (exact) mass is 194 g/mol. The smallest absolute Gasteiger partial charge is 0.0864 e. The van der Waals surface area contributed by atoms with Gasteiger partial charge in [-0.3, -0.25) is 9.98 Å². The topological polar surface area (TPSA) is 25.2 Å². The second kappa shape index (κ2) is 3.11. The first kappa shape index (κ1) is 8.70. The van der Waals surface area contributed by atoms with Gasteiger partial charge in [-0.1, -0.05) is 11.6 Å². The van der Waals surface area contributed by atoms with E-state index < -0.39 is 0 Å². The molecule has 0 saturated heterocycles. The maximum atomic E-state index is 6.05. The van der Waals surface area contributed by atoms with Crippen molar-refractivity contribution in [2.75, 3.05) is 0 Å². The number of aromatic nitrogens is 1. The minimum atomic E-state index is -0.111. The summed E-state index contributed by atoms with van der Waals surface area (Å²) >= 11 is 6.05. The Morgan fingerprint density at radius 1 is 1.54 bits per heavy atom. The van der Waals surface area contributed by atoms with E-state index in [4.69, 9.17) is 11.6 Å². The fourth-order valence-corrected chi connectivity index (χ4v) is 2.07. The molecule has 1 aromatic heterocycles. The zero-order valence-electron chi connectivity index (χ0n) is 7.33. The van der Waals surface area contributed by atoms with Crippen LogP contribution < -0.4 is 0 Å². The molecular weight excluding hydrogens is 184 g/mol. The van der Waals surface area contributed by atoms with Gasteiger partial charge in [-0.15, -0.1) is 0 Å². The average molecular weight is 195 g/mol. The number of hydrogen-bond donors (Lipinski definition) is 0. The molecule has 0 aliphatic heterocycles. The van der Waals surface area contributed by atoms with E-state index in [1.165, 1.54) is 6.42 Å². The van der Waals surface area contributed by atoms with Crippen LogP contribution in [0.5, 0.6) is 0 Å². The SMILES string of the molecule is C=NC1(c2ccncc2Cl)CCC1. The van der Waals surface area contributed by atoms with Gasteiger partial charge >= 0.3 is 0 Å². The summed E-state index contributed by atoms with van der Waals surface area (Å²) in [4.78, 5) is 8.15. The Morgan fingerprint density at radius 2 is 2.31 bits per heavy atom. The lowest BCUT2D eigenvalue weighted by molar-refractivity contribution is 0.258. The van der Waals surface area contributed by atoms with E-state index in [1.807, 2.05) is 6.07 Å². The van der Waals surface area contributed by atoms with E-state index >= 15 is 0 Å². The molecule has 0 bridgehead atoms. The molecule has 2 nitrogen and oxygen atoms in total.